The van der Waals surface area contributed by atoms with E-state index in [-0.39, 0.29) is 40.4 Å². The van der Waals surface area contributed by atoms with E-state index >= 15 is 0 Å². The molecule has 34 heavy (non-hydrogen) atoms. The van der Waals surface area contributed by atoms with Crippen molar-refractivity contribution in [3.05, 3.63) is 48.0 Å². The molecule has 3 atom stereocenters. The predicted molar refractivity (Wildman–Crippen MR) is 123 cm³/mol. The largest absolute Gasteiger partial charge is 0.487 e. The number of piperidine rings is 1. The Morgan fingerprint density at radius 3 is 2.18 bits per heavy atom. The third kappa shape index (κ3) is 4.76. The Labute approximate surface area is 198 Å². The van der Waals surface area contributed by atoms with Gasteiger partial charge in [0.2, 0.25) is 0 Å². The quantitative estimate of drug-likeness (QED) is 0.591. The molecule has 1 amide bonds. The molecule has 0 N–H and O–H groups in total. The minimum atomic E-state index is -3.36. The zero-order valence-corrected chi connectivity index (χ0v) is 20.7. The fourth-order valence-corrected chi connectivity index (χ4v) is 5.38. The summed E-state index contributed by atoms with van der Waals surface area (Å²) in [5.41, 5.74) is 0.0453. The lowest BCUT2D eigenvalue weighted by Gasteiger charge is -2.27. The topological polar surface area (TPSA) is 72.9 Å². The molecule has 0 radical (unpaired) electrons. The molecule has 1 saturated carbocycles. The van der Waals surface area contributed by atoms with Crippen molar-refractivity contribution in [3.63, 3.8) is 0 Å². The first-order valence-electron chi connectivity index (χ1n) is 11.1. The number of hydrogen-bond donors (Lipinski definition) is 0. The van der Waals surface area contributed by atoms with Gasteiger partial charge in [-0.05, 0) is 67.5 Å². The number of carbonyl (C=O) groups excluding carboxylic acids is 1. The SMILES string of the molecule is CC(C)(C)OC(=O)N1CC2C(COc3c(F)cc(-c4ccc(S(C)(=O)=O)cc4)cc3F)C2(C)C1. The molecule has 2 aromatic rings. The van der Waals surface area contributed by atoms with Crippen molar-refractivity contribution in [2.24, 2.45) is 17.3 Å². The van der Waals surface area contributed by atoms with Crippen LogP contribution < -0.4 is 4.74 Å². The van der Waals surface area contributed by atoms with Crippen LogP contribution in [0, 0.1) is 28.9 Å². The summed E-state index contributed by atoms with van der Waals surface area (Å²) in [7, 11) is -3.36. The first-order valence-corrected chi connectivity index (χ1v) is 13.0. The molecular weight excluding hydrogens is 464 g/mol. The fraction of sp³-hybridized carbons (Fsp3) is 0.480. The van der Waals surface area contributed by atoms with Crippen LogP contribution in [-0.4, -0.2) is 51.0 Å². The van der Waals surface area contributed by atoms with Gasteiger partial charge in [0.15, 0.2) is 27.2 Å². The number of nitrogens with zero attached hydrogens (tertiary/aromatic N) is 1. The number of ether oxygens (including phenoxy) is 2. The second kappa shape index (κ2) is 8.22. The summed E-state index contributed by atoms with van der Waals surface area (Å²) in [5.74, 6) is -1.80. The number of fused-ring (bicyclic) bond motifs is 1. The second-order valence-electron chi connectivity index (χ2n) is 10.5. The molecule has 1 aliphatic carbocycles. The first kappa shape index (κ1) is 24.4. The lowest BCUT2D eigenvalue weighted by molar-refractivity contribution is 0.0246. The highest BCUT2D eigenvalue weighted by Gasteiger charge is 2.67. The van der Waals surface area contributed by atoms with Crippen LogP contribution in [0.25, 0.3) is 11.1 Å². The Morgan fingerprint density at radius 1 is 1.12 bits per heavy atom. The second-order valence-corrected chi connectivity index (χ2v) is 12.5. The Morgan fingerprint density at radius 2 is 1.71 bits per heavy atom. The maximum absolute atomic E-state index is 14.7. The van der Waals surface area contributed by atoms with Gasteiger partial charge in [0.1, 0.15) is 5.60 Å². The lowest BCUT2D eigenvalue weighted by Crippen LogP contribution is -2.38. The molecule has 9 heteroatoms. The fourth-order valence-electron chi connectivity index (χ4n) is 4.75. The van der Waals surface area contributed by atoms with E-state index < -0.39 is 32.8 Å². The molecule has 0 spiro atoms. The zero-order chi connectivity index (χ0) is 25.1. The summed E-state index contributed by atoms with van der Waals surface area (Å²) < 4.78 is 63.6. The van der Waals surface area contributed by atoms with Crippen LogP contribution in [0.15, 0.2) is 41.3 Å². The van der Waals surface area contributed by atoms with Gasteiger partial charge in [-0.1, -0.05) is 19.1 Å². The molecule has 2 fully saturated rings. The van der Waals surface area contributed by atoms with Gasteiger partial charge in [0, 0.05) is 25.3 Å². The average Bonchev–Trinajstić information content (AvgIpc) is 3.07. The van der Waals surface area contributed by atoms with Crippen LogP contribution in [0.4, 0.5) is 13.6 Å². The minimum absolute atomic E-state index is 0.0909. The third-order valence-corrected chi connectivity index (χ3v) is 7.82. The van der Waals surface area contributed by atoms with Crippen molar-refractivity contribution in [3.8, 4) is 16.9 Å². The molecule has 1 heterocycles. The number of sulfone groups is 1. The maximum atomic E-state index is 14.7. The van der Waals surface area contributed by atoms with E-state index in [1.807, 2.05) is 27.7 Å². The lowest BCUT2D eigenvalue weighted by atomic mass is 10.1. The van der Waals surface area contributed by atoms with E-state index in [9.17, 15) is 22.0 Å². The Balaban J connectivity index is 1.39. The van der Waals surface area contributed by atoms with E-state index in [1.54, 1.807) is 4.90 Å². The number of rotatable bonds is 5. The summed E-state index contributed by atoms with van der Waals surface area (Å²) in [5, 5.41) is 0. The summed E-state index contributed by atoms with van der Waals surface area (Å²) in [6, 6.07) is 8.17. The van der Waals surface area contributed by atoms with Crippen molar-refractivity contribution >= 4 is 15.9 Å². The molecular formula is C25H29F2NO5S. The van der Waals surface area contributed by atoms with Gasteiger partial charge in [-0.3, -0.25) is 0 Å². The molecule has 3 unspecified atom stereocenters. The van der Waals surface area contributed by atoms with Gasteiger partial charge in [-0.25, -0.2) is 22.0 Å². The molecule has 2 aliphatic rings. The Bertz CT molecular complexity index is 1200. The monoisotopic (exact) mass is 493 g/mol. The normalized spacial score (nSPS) is 24.0. The van der Waals surface area contributed by atoms with Gasteiger partial charge < -0.3 is 14.4 Å². The maximum Gasteiger partial charge on any atom is 0.410 e. The molecule has 2 aromatic carbocycles. The Hall–Kier alpha value is -2.68. The number of carbonyl (C=O) groups is 1. The van der Waals surface area contributed by atoms with Crippen molar-refractivity contribution in [2.75, 3.05) is 26.0 Å². The average molecular weight is 494 g/mol. The van der Waals surface area contributed by atoms with Crippen molar-refractivity contribution < 1.29 is 31.5 Å². The van der Waals surface area contributed by atoms with Crippen LogP contribution in [0.1, 0.15) is 27.7 Å². The van der Waals surface area contributed by atoms with E-state index in [2.05, 4.69) is 0 Å². The van der Waals surface area contributed by atoms with Gasteiger partial charge in [0.05, 0.1) is 11.5 Å². The van der Waals surface area contributed by atoms with Crippen LogP contribution >= 0.6 is 0 Å². The number of halogens is 2. The van der Waals surface area contributed by atoms with Crippen molar-refractivity contribution in [2.45, 2.75) is 38.2 Å². The van der Waals surface area contributed by atoms with Crippen LogP contribution in [0.3, 0.4) is 0 Å². The molecule has 0 aromatic heterocycles. The van der Waals surface area contributed by atoms with Gasteiger partial charge in [-0.2, -0.15) is 0 Å². The highest BCUT2D eigenvalue weighted by Crippen LogP contribution is 2.63. The van der Waals surface area contributed by atoms with Gasteiger partial charge in [0.25, 0.3) is 0 Å². The Kier molecular flexibility index (Phi) is 5.91. The summed E-state index contributed by atoms with van der Waals surface area (Å²) in [4.78, 5) is 14.1. The molecule has 1 aliphatic heterocycles. The van der Waals surface area contributed by atoms with E-state index in [4.69, 9.17) is 9.47 Å². The molecule has 1 saturated heterocycles. The highest BCUT2D eigenvalue weighted by molar-refractivity contribution is 7.90. The first-order chi connectivity index (χ1) is 15.7. The molecule has 184 valence electrons. The third-order valence-electron chi connectivity index (χ3n) is 6.69. The molecule has 0 bridgehead atoms. The number of likely N-dealkylation sites (tertiary alicyclic amines) is 1. The van der Waals surface area contributed by atoms with Crippen molar-refractivity contribution in [1.82, 2.24) is 4.90 Å². The zero-order valence-electron chi connectivity index (χ0n) is 19.9. The van der Waals surface area contributed by atoms with Crippen LogP contribution in [-0.2, 0) is 14.6 Å². The van der Waals surface area contributed by atoms with Crippen LogP contribution in [0.2, 0.25) is 0 Å². The number of amides is 1. The summed E-state index contributed by atoms with van der Waals surface area (Å²) in [6.45, 7) is 8.71. The number of hydrogen-bond acceptors (Lipinski definition) is 5. The minimum Gasteiger partial charge on any atom is -0.487 e. The van der Waals surface area contributed by atoms with Crippen LogP contribution in [0.5, 0.6) is 5.75 Å². The summed E-state index contributed by atoms with van der Waals surface area (Å²) >= 11 is 0. The van der Waals surface area contributed by atoms with Crippen molar-refractivity contribution in [1.29, 1.82) is 0 Å². The number of benzene rings is 2. The summed E-state index contributed by atoms with van der Waals surface area (Å²) in [6.07, 6.45) is 0.745. The van der Waals surface area contributed by atoms with Gasteiger partial charge >= 0.3 is 6.09 Å². The highest BCUT2D eigenvalue weighted by atomic mass is 32.2. The smallest absolute Gasteiger partial charge is 0.410 e. The standard InChI is InChI=1S/C25H29F2NO5S/c1-24(2,3)33-23(29)28-12-18-19(25(18,4)14-28)13-32-22-20(26)10-16(11-21(22)27)15-6-8-17(9-7-15)34(5,30)31/h6-11,18-19H,12-14H2,1-5H3. The predicted octanol–water partition coefficient (Wildman–Crippen LogP) is 4.92. The van der Waals surface area contributed by atoms with E-state index in [0.29, 0.717) is 18.7 Å². The van der Waals surface area contributed by atoms with Gasteiger partial charge in [-0.15, -0.1) is 0 Å². The molecule has 4 rings (SSSR count). The van der Waals surface area contributed by atoms with E-state index in [1.165, 1.54) is 36.4 Å². The molecule has 6 nitrogen and oxygen atoms in total. The van der Waals surface area contributed by atoms with E-state index in [0.717, 1.165) is 6.26 Å².